The van der Waals surface area contributed by atoms with Gasteiger partial charge in [0.2, 0.25) is 0 Å². The monoisotopic (exact) mass is 238 g/mol. The normalized spacial score (nSPS) is 10.4. The summed E-state index contributed by atoms with van der Waals surface area (Å²) >= 11 is 5.95. The number of aryl methyl sites for hydroxylation is 1. The van der Waals surface area contributed by atoms with Gasteiger partial charge in [0.25, 0.3) is 0 Å². The fraction of sp³-hybridized carbons (Fsp3) is 0.111. The minimum atomic E-state index is -1.02. The number of hydrogen-bond donors (Lipinski definition) is 1. The van der Waals surface area contributed by atoms with Gasteiger partial charge in [-0.05, 0) is 35.5 Å². The summed E-state index contributed by atoms with van der Waals surface area (Å²) in [6.07, 6.45) is 0. The number of aromatic nitrogens is 4. The van der Waals surface area contributed by atoms with Crippen molar-refractivity contribution >= 4 is 17.6 Å². The molecule has 6 nitrogen and oxygen atoms in total. The Balaban J connectivity index is 2.60. The molecule has 0 unspecified atom stereocenters. The molecule has 2 rings (SSSR count). The van der Waals surface area contributed by atoms with Crippen LogP contribution in [0.25, 0.3) is 5.69 Å². The zero-order chi connectivity index (χ0) is 11.7. The lowest BCUT2D eigenvalue weighted by Crippen LogP contribution is -2.03. The lowest BCUT2D eigenvalue weighted by atomic mass is 10.2. The highest BCUT2D eigenvalue weighted by Crippen LogP contribution is 2.21. The van der Waals surface area contributed by atoms with Crippen LogP contribution in [-0.2, 0) is 0 Å². The Morgan fingerprint density at radius 1 is 1.50 bits per heavy atom. The van der Waals surface area contributed by atoms with Crippen molar-refractivity contribution in [1.29, 1.82) is 0 Å². The number of carboxylic acid groups (broad SMARTS) is 1. The predicted octanol–water partition coefficient (Wildman–Crippen LogP) is 1.32. The minimum absolute atomic E-state index is 0.134. The highest BCUT2D eigenvalue weighted by atomic mass is 35.5. The first kappa shape index (κ1) is 10.6. The van der Waals surface area contributed by atoms with Crippen LogP contribution in [0.4, 0.5) is 0 Å². The van der Waals surface area contributed by atoms with Crippen molar-refractivity contribution in [3.63, 3.8) is 0 Å². The molecule has 1 aromatic carbocycles. The molecule has 0 saturated carbocycles. The van der Waals surface area contributed by atoms with Crippen LogP contribution in [0.3, 0.4) is 0 Å². The molecular weight excluding hydrogens is 232 g/mol. The van der Waals surface area contributed by atoms with Crippen molar-refractivity contribution in [2.75, 3.05) is 0 Å². The lowest BCUT2D eigenvalue weighted by Gasteiger charge is -2.05. The van der Waals surface area contributed by atoms with E-state index in [-0.39, 0.29) is 5.56 Å². The maximum Gasteiger partial charge on any atom is 0.335 e. The molecule has 0 aliphatic heterocycles. The molecule has 0 bridgehead atoms. The van der Waals surface area contributed by atoms with Crippen molar-refractivity contribution in [2.24, 2.45) is 0 Å². The Bertz CT molecular complexity index is 552. The van der Waals surface area contributed by atoms with Crippen LogP contribution in [0.15, 0.2) is 18.2 Å². The molecule has 2 aromatic rings. The number of nitrogens with zero attached hydrogens (tertiary/aromatic N) is 4. The first-order valence-electron chi connectivity index (χ1n) is 4.38. The summed E-state index contributed by atoms with van der Waals surface area (Å²) in [6, 6.07) is 4.35. The SMILES string of the molecule is Cc1nnnn1-c1cc(C(=O)O)ccc1Cl. The Morgan fingerprint density at radius 3 is 2.81 bits per heavy atom. The molecule has 0 radical (unpaired) electrons. The van der Waals surface area contributed by atoms with Crippen LogP contribution in [0.2, 0.25) is 5.02 Å². The molecule has 1 N–H and O–H groups in total. The van der Waals surface area contributed by atoms with E-state index in [1.165, 1.54) is 22.9 Å². The third kappa shape index (κ3) is 1.74. The smallest absolute Gasteiger partial charge is 0.335 e. The summed E-state index contributed by atoms with van der Waals surface area (Å²) in [4.78, 5) is 10.8. The maximum absolute atomic E-state index is 10.8. The maximum atomic E-state index is 10.8. The molecule has 0 atom stereocenters. The van der Waals surface area contributed by atoms with Gasteiger partial charge in [0.15, 0.2) is 5.82 Å². The summed E-state index contributed by atoms with van der Waals surface area (Å²) in [6.45, 7) is 1.70. The zero-order valence-electron chi connectivity index (χ0n) is 8.25. The van der Waals surface area contributed by atoms with Gasteiger partial charge in [-0.25, -0.2) is 4.79 Å². The van der Waals surface area contributed by atoms with E-state index in [4.69, 9.17) is 16.7 Å². The quantitative estimate of drug-likeness (QED) is 0.853. The van der Waals surface area contributed by atoms with E-state index in [1.54, 1.807) is 6.92 Å². The molecule has 0 amide bonds. The van der Waals surface area contributed by atoms with Crippen LogP contribution in [0, 0.1) is 6.92 Å². The molecule has 0 saturated heterocycles. The molecule has 16 heavy (non-hydrogen) atoms. The summed E-state index contributed by atoms with van der Waals surface area (Å²) < 4.78 is 1.38. The Hall–Kier alpha value is -1.95. The van der Waals surface area contributed by atoms with Crippen molar-refractivity contribution in [3.05, 3.63) is 34.6 Å². The second kappa shape index (κ2) is 3.90. The van der Waals surface area contributed by atoms with Crippen LogP contribution >= 0.6 is 11.6 Å². The summed E-state index contributed by atoms with van der Waals surface area (Å²) in [5, 5.41) is 20.2. The van der Waals surface area contributed by atoms with E-state index in [1.807, 2.05) is 0 Å². The van der Waals surface area contributed by atoms with E-state index >= 15 is 0 Å². The first-order chi connectivity index (χ1) is 7.59. The van der Waals surface area contributed by atoms with Gasteiger partial charge in [-0.15, -0.1) is 5.10 Å². The molecule has 1 heterocycles. The zero-order valence-corrected chi connectivity index (χ0v) is 9.01. The van der Waals surface area contributed by atoms with Crippen LogP contribution in [-0.4, -0.2) is 31.3 Å². The molecule has 7 heteroatoms. The van der Waals surface area contributed by atoms with E-state index in [0.717, 1.165) is 0 Å². The topological polar surface area (TPSA) is 80.9 Å². The number of tetrazole rings is 1. The largest absolute Gasteiger partial charge is 0.478 e. The molecule has 0 spiro atoms. The van der Waals surface area contributed by atoms with Crippen LogP contribution in [0.1, 0.15) is 16.2 Å². The van der Waals surface area contributed by atoms with Crippen molar-refractivity contribution < 1.29 is 9.90 Å². The summed E-state index contributed by atoms with van der Waals surface area (Å²) in [5.41, 5.74) is 0.582. The lowest BCUT2D eigenvalue weighted by molar-refractivity contribution is 0.0697. The van der Waals surface area contributed by atoms with Gasteiger partial charge in [-0.3, -0.25) is 0 Å². The number of rotatable bonds is 2. The van der Waals surface area contributed by atoms with Gasteiger partial charge >= 0.3 is 5.97 Å². The van der Waals surface area contributed by atoms with Gasteiger partial charge in [-0.2, -0.15) is 4.68 Å². The van der Waals surface area contributed by atoms with Crippen molar-refractivity contribution in [1.82, 2.24) is 20.2 Å². The van der Waals surface area contributed by atoms with E-state index in [9.17, 15) is 4.79 Å². The average molecular weight is 239 g/mol. The van der Waals surface area contributed by atoms with Crippen molar-refractivity contribution in [3.8, 4) is 5.69 Å². The number of carbonyl (C=O) groups is 1. The molecular formula is C9H7ClN4O2. The van der Waals surface area contributed by atoms with E-state index < -0.39 is 5.97 Å². The number of hydrogen-bond acceptors (Lipinski definition) is 4. The molecule has 0 aliphatic rings. The number of halogens is 1. The third-order valence-corrected chi connectivity index (χ3v) is 2.37. The number of benzene rings is 1. The molecule has 1 aromatic heterocycles. The van der Waals surface area contributed by atoms with Crippen molar-refractivity contribution in [2.45, 2.75) is 6.92 Å². The highest BCUT2D eigenvalue weighted by Gasteiger charge is 2.11. The Morgan fingerprint density at radius 2 is 2.25 bits per heavy atom. The Kier molecular flexibility index (Phi) is 2.57. The third-order valence-electron chi connectivity index (χ3n) is 2.05. The second-order valence-corrected chi connectivity index (χ2v) is 3.52. The van der Waals surface area contributed by atoms with Gasteiger partial charge in [0.1, 0.15) is 0 Å². The van der Waals surface area contributed by atoms with Gasteiger partial charge in [0, 0.05) is 0 Å². The van der Waals surface area contributed by atoms with E-state index in [2.05, 4.69) is 15.5 Å². The van der Waals surface area contributed by atoms with Gasteiger partial charge in [0.05, 0.1) is 16.3 Å². The highest BCUT2D eigenvalue weighted by molar-refractivity contribution is 6.32. The van der Waals surface area contributed by atoms with Crippen LogP contribution < -0.4 is 0 Å². The minimum Gasteiger partial charge on any atom is -0.478 e. The number of aromatic carboxylic acids is 1. The van der Waals surface area contributed by atoms with Gasteiger partial charge in [-0.1, -0.05) is 11.6 Å². The van der Waals surface area contributed by atoms with E-state index in [0.29, 0.717) is 16.5 Å². The predicted molar refractivity (Wildman–Crippen MR) is 55.9 cm³/mol. The van der Waals surface area contributed by atoms with Crippen LogP contribution in [0.5, 0.6) is 0 Å². The second-order valence-electron chi connectivity index (χ2n) is 3.11. The first-order valence-corrected chi connectivity index (χ1v) is 4.75. The molecule has 0 aliphatic carbocycles. The summed E-state index contributed by atoms with van der Waals surface area (Å²) in [5.74, 6) is -0.493. The fourth-order valence-electron chi connectivity index (χ4n) is 1.26. The average Bonchev–Trinajstić information content (AvgIpc) is 2.65. The fourth-order valence-corrected chi connectivity index (χ4v) is 1.46. The summed E-state index contributed by atoms with van der Waals surface area (Å²) in [7, 11) is 0. The Labute approximate surface area is 95.5 Å². The molecule has 0 fully saturated rings. The standard InChI is InChI=1S/C9H7ClN4O2/c1-5-11-12-13-14(5)8-4-6(9(15)16)2-3-7(8)10/h2-4H,1H3,(H,15,16). The number of carboxylic acids is 1. The molecule has 82 valence electrons. The van der Waals surface area contributed by atoms with Gasteiger partial charge < -0.3 is 5.11 Å².